The lowest BCUT2D eigenvalue weighted by Crippen LogP contribution is -2.44. The van der Waals surface area contributed by atoms with Gasteiger partial charge in [-0.25, -0.2) is 13.1 Å². The second kappa shape index (κ2) is 11.1. The third kappa shape index (κ3) is 6.41. The smallest absolute Gasteiger partial charge is 0.264 e. The maximum atomic E-state index is 13.5. The maximum absolute atomic E-state index is 13.5. The quantitative estimate of drug-likeness (QED) is 0.517. The Kier molecular flexibility index (Phi) is 8.11. The Bertz CT molecular complexity index is 1130. The molecule has 1 fully saturated rings. The number of aliphatic hydroxyl groups excluding tert-OH is 1. The van der Waals surface area contributed by atoms with Crippen molar-refractivity contribution in [2.75, 3.05) is 32.4 Å². The fourth-order valence-corrected chi connectivity index (χ4v) is 5.88. The first-order chi connectivity index (χ1) is 16.8. The van der Waals surface area contributed by atoms with Gasteiger partial charge in [-0.3, -0.25) is 9.69 Å². The average molecular weight is 502 g/mol. The van der Waals surface area contributed by atoms with Crippen molar-refractivity contribution >= 4 is 15.9 Å². The molecule has 0 aliphatic carbocycles. The summed E-state index contributed by atoms with van der Waals surface area (Å²) in [5.41, 5.74) is 2.79. The van der Waals surface area contributed by atoms with Gasteiger partial charge in [0.1, 0.15) is 5.75 Å². The van der Waals surface area contributed by atoms with E-state index in [1.807, 2.05) is 62.5 Å². The molecule has 0 spiro atoms. The van der Waals surface area contributed by atoms with Crippen molar-refractivity contribution in [3.63, 3.8) is 0 Å². The van der Waals surface area contributed by atoms with Crippen LogP contribution in [0.2, 0.25) is 0 Å². The van der Waals surface area contributed by atoms with Crippen LogP contribution in [-0.4, -0.2) is 73.9 Å². The summed E-state index contributed by atoms with van der Waals surface area (Å²) in [6, 6.07) is 15.3. The van der Waals surface area contributed by atoms with E-state index in [2.05, 4.69) is 9.62 Å². The molecule has 3 atom stereocenters. The van der Waals surface area contributed by atoms with E-state index in [0.29, 0.717) is 31.7 Å². The van der Waals surface area contributed by atoms with Gasteiger partial charge in [-0.1, -0.05) is 49.4 Å². The minimum Gasteiger partial charge on any atom is -0.480 e. The first-order valence-corrected chi connectivity index (χ1v) is 13.9. The van der Waals surface area contributed by atoms with Crippen molar-refractivity contribution in [1.82, 2.24) is 14.5 Å². The summed E-state index contributed by atoms with van der Waals surface area (Å²) in [5, 5.41) is 9.96. The molecule has 9 heteroatoms. The van der Waals surface area contributed by atoms with Gasteiger partial charge in [0.05, 0.1) is 17.9 Å². The number of benzene rings is 2. The standard InChI is InChI=1S/C26H35N3O5S/c1-3-13-35(32,33)27-16-19-9-10-24-21(14-19)15-25(34-24)26(31)28(2)23(20-7-5-4-6-8-20)18-29-12-11-22(30)17-29/h4-10,14,22-23,25,27,30H,3,11-13,15-18H2,1-2H3/t22-,23+,25?/m0/s1. The number of amides is 1. The zero-order chi connectivity index (χ0) is 25.0. The van der Waals surface area contributed by atoms with Crippen LogP contribution in [0.5, 0.6) is 5.75 Å². The summed E-state index contributed by atoms with van der Waals surface area (Å²) in [7, 11) is -1.48. The SMILES string of the molecule is CCCS(=O)(=O)NCc1ccc2c(c1)CC(C(=O)N(C)[C@H](CN1CC[C@H](O)C1)c1ccccc1)O2. The number of carbonyl (C=O) groups excluding carboxylic acids is 1. The van der Waals surface area contributed by atoms with Crippen LogP contribution in [0, 0.1) is 0 Å². The summed E-state index contributed by atoms with van der Waals surface area (Å²) in [5.74, 6) is 0.666. The Morgan fingerprint density at radius 3 is 2.71 bits per heavy atom. The highest BCUT2D eigenvalue weighted by Gasteiger charge is 2.35. The maximum Gasteiger partial charge on any atom is 0.264 e. The molecule has 1 amide bonds. The molecule has 35 heavy (non-hydrogen) atoms. The normalized spacial score (nSPS) is 20.9. The molecule has 0 saturated carbocycles. The topological polar surface area (TPSA) is 99.2 Å². The number of β-amino-alcohol motifs (C(OH)–C–C–N with tert-alkyl or cyclic N) is 1. The Morgan fingerprint density at radius 2 is 2.03 bits per heavy atom. The summed E-state index contributed by atoms with van der Waals surface area (Å²) < 4.78 is 32.6. The molecule has 2 aliphatic heterocycles. The molecule has 1 saturated heterocycles. The molecule has 2 aromatic rings. The number of sulfonamides is 1. The highest BCUT2D eigenvalue weighted by atomic mass is 32.2. The molecule has 190 valence electrons. The molecule has 2 heterocycles. The van der Waals surface area contributed by atoms with Crippen LogP contribution < -0.4 is 9.46 Å². The van der Waals surface area contributed by atoms with Crippen molar-refractivity contribution in [2.24, 2.45) is 0 Å². The second-order valence-electron chi connectivity index (χ2n) is 9.47. The van der Waals surface area contributed by atoms with E-state index in [9.17, 15) is 18.3 Å². The van der Waals surface area contributed by atoms with Crippen molar-refractivity contribution in [1.29, 1.82) is 0 Å². The molecule has 0 bridgehead atoms. The van der Waals surface area contributed by atoms with E-state index >= 15 is 0 Å². The fourth-order valence-electron chi connectivity index (χ4n) is 4.81. The Morgan fingerprint density at radius 1 is 1.26 bits per heavy atom. The van der Waals surface area contributed by atoms with E-state index in [1.165, 1.54) is 0 Å². The van der Waals surface area contributed by atoms with Crippen LogP contribution in [0.4, 0.5) is 0 Å². The van der Waals surface area contributed by atoms with E-state index in [-0.39, 0.29) is 30.4 Å². The molecule has 2 aromatic carbocycles. The number of likely N-dealkylation sites (tertiary alicyclic amines) is 1. The zero-order valence-corrected chi connectivity index (χ0v) is 21.2. The van der Waals surface area contributed by atoms with Crippen LogP contribution in [0.1, 0.15) is 42.5 Å². The van der Waals surface area contributed by atoms with Crippen LogP contribution in [0.25, 0.3) is 0 Å². The van der Waals surface area contributed by atoms with E-state index in [1.54, 1.807) is 4.90 Å². The molecule has 8 nitrogen and oxygen atoms in total. The number of hydrogen-bond acceptors (Lipinski definition) is 6. The predicted octanol–water partition coefficient (Wildman–Crippen LogP) is 2.09. The van der Waals surface area contributed by atoms with Gasteiger partial charge >= 0.3 is 0 Å². The van der Waals surface area contributed by atoms with Crippen LogP contribution in [0.15, 0.2) is 48.5 Å². The summed E-state index contributed by atoms with van der Waals surface area (Å²) in [6.07, 6.45) is 0.806. The Labute approximate surface area is 207 Å². The van der Waals surface area contributed by atoms with Gasteiger partial charge in [0.25, 0.3) is 5.91 Å². The van der Waals surface area contributed by atoms with Gasteiger partial charge in [-0.2, -0.15) is 0 Å². The minimum absolute atomic E-state index is 0.0972. The van der Waals surface area contributed by atoms with Crippen molar-refractivity contribution in [2.45, 2.75) is 51.0 Å². The predicted molar refractivity (Wildman–Crippen MR) is 134 cm³/mol. The van der Waals surface area contributed by atoms with Gasteiger partial charge in [0.15, 0.2) is 6.10 Å². The lowest BCUT2D eigenvalue weighted by Gasteiger charge is -2.33. The van der Waals surface area contributed by atoms with E-state index in [4.69, 9.17) is 4.74 Å². The highest BCUT2D eigenvalue weighted by molar-refractivity contribution is 7.89. The minimum atomic E-state index is -3.29. The number of hydrogen-bond donors (Lipinski definition) is 2. The summed E-state index contributed by atoms with van der Waals surface area (Å²) in [4.78, 5) is 17.5. The molecule has 2 N–H and O–H groups in total. The number of ether oxygens (including phenoxy) is 1. The van der Waals surface area contributed by atoms with Crippen molar-refractivity contribution < 1.29 is 23.1 Å². The summed E-state index contributed by atoms with van der Waals surface area (Å²) in [6.45, 7) is 4.11. The van der Waals surface area contributed by atoms with Gasteiger partial charge in [-0.15, -0.1) is 0 Å². The number of carbonyl (C=O) groups is 1. The van der Waals surface area contributed by atoms with Crippen LogP contribution in [-0.2, 0) is 27.8 Å². The second-order valence-corrected chi connectivity index (χ2v) is 11.4. The molecule has 0 radical (unpaired) electrons. The number of nitrogens with zero attached hydrogens (tertiary/aromatic N) is 2. The van der Waals surface area contributed by atoms with Crippen LogP contribution >= 0.6 is 0 Å². The molecule has 4 rings (SSSR count). The number of aliphatic hydroxyl groups is 1. The summed E-state index contributed by atoms with van der Waals surface area (Å²) >= 11 is 0. The zero-order valence-electron chi connectivity index (χ0n) is 20.4. The average Bonchev–Trinajstić information content (AvgIpc) is 3.46. The van der Waals surface area contributed by atoms with Gasteiger partial charge in [0.2, 0.25) is 10.0 Å². The van der Waals surface area contributed by atoms with Gasteiger partial charge in [-0.05, 0) is 35.6 Å². The van der Waals surface area contributed by atoms with Crippen molar-refractivity contribution in [3.05, 3.63) is 65.2 Å². The third-order valence-electron chi connectivity index (χ3n) is 6.72. The van der Waals surface area contributed by atoms with E-state index in [0.717, 1.165) is 29.7 Å². The Balaban J connectivity index is 1.44. The van der Waals surface area contributed by atoms with Crippen LogP contribution in [0.3, 0.4) is 0 Å². The fraction of sp³-hybridized carbons (Fsp3) is 0.500. The lowest BCUT2D eigenvalue weighted by atomic mass is 10.0. The molecule has 2 aliphatic rings. The Hall–Kier alpha value is -2.46. The first kappa shape index (κ1) is 25.6. The number of likely N-dealkylation sites (N-methyl/N-ethyl adjacent to an activating group) is 1. The number of nitrogens with one attached hydrogen (secondary N) is 1. The van der Waals surface area contributed by atoms with Crippen molar-refractivity contribution in [3.8, 4) is 5.75 Å². The first-order valence-electron chi connectivity index (χ1n) is 12.2. The third-order valence-corrected chi connectivity index (χ3v) is 8.25. The molecule has 0 aromatic heterocycles. The molecular formula is C26H35N3O5S. The molecular weight excluding hydrogens is 466 g/mol. The van der Waals surface area contributed by atoms with E-state index < -0.39 is 16.1 Å². The monoisotopic (exact) mass is 501 g/mol. The lowest BCUT2D eigenvalue weighted by molar-refractivity contribution is -0.139. The number of fused-ring (bicyclic) bond motifs is 1. The molecule has 1 unspecified atom stereocenters. The van der Waals surface area contributed by atoms with Gasteiger partial charge < -0.3 is 14.7 Å². The van der Waals surface area contributed by atoms with Gasteiger partial charge in [0, 0.05) is 39.6 Å². The highest BCUT2D eigenvalue weighted by Crippen LogP contribution is 2.32. The largest absolute Gasteiger partial charge is 0.480 e. The number of rotatable bonds is 10.